The van der Waals surface area contributed by atoms with Gasteiger partial charge in [-0.05, 0) is 36.4 Å². The lowest BCUT2D eigenvalue weighted by Crippen LogP contribution is -2.38. The summed E-state index contributed by atoms with van der Waals surface area (Å²) in [4.78, 5) is 16.2. The maximum absolute atomic E-state index is 12.3. The number of hydrogen-bond acceptors (Lipinski definition) is 8. The Morgan fingerprint density at radius 2 is 1.64 bits per heavy atom. The smallest absolute Gasteiger partial charge is 0.420 e. The molecule has 2 aliphatic rings. The second kappa shape index (κ2) is 11.9. The highest BCUT2D eigenvalue weighted by Crippen LogP contribution is 2.32. The summed E-state index contributed by atoms with van der Waals surface area (Å²) < 4.78 is 27.5. The van der Waals surface area contributed by atoms with Crippen LogP contribution >= 0.6 is 0 Å². The third-order valence-corrected chi connectivity index (χ3v) is 5.47. The molecule has 2 aromatic carbocycles. The molecule has 4 rings (SSSR count). The Morgan fingerprint density at radius 3 is 2.42 bits per heavy atom. The van der Waals surface area contributed by atoms with Crippen molar-refractivity contribution in [2.45, 2.75) is 6.54 Å². The zero-order valence-electron chi connectivity index (χ0n) is 18.6. The monoisotopic (exact) mass is 458 g/mol. The summed E-state index contributed by atoms with van der Waals surface area (Å²) in [7, 11) is 0. The Bertz CT molecular complexity index is 900. The summed E-state index contributed by atoms with van der Waals surface area (Å²) in [6.45, 7) is 7.53. The van der Waals surface area contributed by atoms with Crippen LogP contribution in [0, 0.1) is 0 Å². The van der Waals surface area contributed by atoms with Crippen LogP contribution in [0.4, 0.5) is 10.5 Å². The molecule has 2 heterocycles. The standard InChI is InChI=1S/C24H30N2O7/c27-21-4-1-19-18-26(24(28)33-23(19)17-21)20-2-5-22(6-3-20)32-16-15-31-14-13-30-12-9-25-7-10-29-11-8-25/h1-6,17,27H,7-16,18H2. The van der Waals surface area contributed by atoms with Crippen LogP contribution in [0.1, 0.15) is 5.56 Å². The highest BCUT2D eigenvalue weighted by molar-refractivity contribution is 5.91. The van der Waals surface area contributed by atoms with Crippen LogP contribution < -0.4 is 14.4 Å². The van der Waals surface area contributed by atoms with E-state index in [2.05, 4.69) is 4.90 Å². The van der Waals surface area contributed by atoms with Crippen LogP contribution in [-0.2, 0) is 20.8 Å². The van der Waals surface area contributed by atoms with Crippen LogP contribution in [-0.4, -0.2) is 82.0 Å². The van der Waals surface area contributed by atoms with Crippen molar-refractivity contribution in [1.29, 1.82) is 0 Å². The molecule has 178 valence electrons. The lowest BCUT2D eigenvalue weighted by atomic mass is 10.1. The number of phenolic OH excluding ortho intramolecular Hbond substituents is 1. The van der Waals surface area contributed by atoms with Crippen molar-refractivity contribution in [3.8, 4) is 17.2 Å². The van der Waals surface area contributed by atoms with Crippen molar-refractivity contribution < 1.29 is 33.6 Å². The third-order valence-electron chi connectivity index (χ3n) is 5.47. The van der Waals surface area contributed by atoms with Crippen LogP contribution in [0.15, 0.2) is 42.5 Å². The van der Waals surface area contributed by atoms with E-state index >= 15 is 0 Å². The number of anilines is 1. The van der Waals surface area contributed by atoms with Gasteiger partial charge in [0.15, 0.2) is 0 Å². The molecule has 0 radical (unpaired) electrons. The lowest BCUT2D eigenvalue weighted by Gasteiger charge is -2.28. The number of hydrogen-bond donors (Lipinski definition) is 1. The third kappa shape index (κ3) is 6.82. The Hall–Kier alpha value is -2.85. The van der Waals surface area contributed by atoms with E-state index in [0.29, 0.717) is 56.8 Å². The minimum absolute atomic E-state index is 0.0665. The van der Waals surface area contributed by atoms with Crippen molar-refractivity contribution in [3.63, 3.8) is 0 Å². The lowest BCUT2D eigenvalue weighted by molar-refractivity contribution is 0.00520. The van der Waals surface area contributed by atoms with Gasteiger partial charge in [0, 0.05) is 37.0 Å². The summed E-state index contributed by atoms with van der Waals surface area (Å²) in [5.41, 5.74) is 1.53. The molecule has 1 saturated heterocycles. The quantitative estimate of drug-likeness (QED) is 0.514. The second-order valence-electron chi connectivity index (χ2n) is 7.77. The first-order valence-corrected chi connectivity index (χ1v) is 11.2. The van der Waals surface area contributed by atoms with Crippen molar-refractivity contribution >= 4 is 11.8 Å². The SMILES string of the molecule is O=C1Oc2cc(O)ccc2CN1c1ccc(OCCOCCOCCN2CCOCC2)cc1. The number of benzene rings is 2. The first-order valence-electron chi connectivity index (χ1n) is 11.2. The van der Waals surface area contributed by atoms with Crippen LogP contribution in [0.2, 0.25) is 0 Å². The summed E-state index contributed by atoms with van der Waals surface area (Å²) >= 11 is 0. The molecule has 9 nitrogen and oxygen atoms in total. The second-order valence-corrected chi connectivity index (χ2v) is 7.77. The predicted octanol–water partition coefficient (Wildman–Crippen LogP) is 2.66. The number of carbonyl (C=O) groups excluding carboxylic acids is 1. The molecule has 0 bridgehead atoms. The minimum Gasteiger partial charge on any atom is -0.508 e. The summed E-state index contributed by atoms with van der Waals surface area (Å²) in [6, 6.07) is 12.0. The van der Waals surface area contributed by atoms with Gasteiger partial charge in [0.1, 0.15) is 23.9 Å². The number of fused-ring (bicyclic) bond motifs is 1. The van der Waals surface area contributed by atoms with E-state index in [4.69, 9.17) is 23.7 Å². The molecular formula is C24H30N2O7. The number of phenols is 1. The van der Waals surface area contributed by atoms with Gasteiger partial charge in [-0.25, -0.2) is 4.79 Å². The largest absolute Gasteiger partial charge is 0.508 e. The van der Waals surface area contributed by atoms with Gasteiger partial charge in [0.25, 0.3) is 0 Å². The van der Waals surface area contributed by atoms with E-state index in [1.165, 1.54) is 11.0 Å². The van der Waals surface area contributed by atoms with Crippen LogP contribution in [0.3, 0.4) is 0 Å². The molecule has 0 aromatic heterocycles. The summed E-state index contributed by atoms with van der Waals surface area (Å²) in [5.74, 6) is 1.15. The average Bonchev–Trinajstić information content (AvgIpc) is 2.83. The number of carbonyl (C=O) groups is 1. The maximum atomic E-state index is 12.3. The van der Waals surface area contributed by atoms with E-state index in [1.807, 2.05) is 24.3 Å². The Labute approximate surface area is 193 Å². The van der Waals surface area contributed by atoms with E-state index in [1.54, 1.807) is 12.1 Å². The molecular weight excluding hydrogens is 428 g/mol. The van der Waals surface area contributed by atoms with Crippen molar-refractivity contribution in [2.24, 2.45) is 0 Å². The zero-order chi connectivity index (χ0) is 22.9. The Balaban J connectivity index is 1.11. The fraction of sp³-hybridized carbons (Fsp3) is 0.458. The number of morpholine rings is 1. The molecule has 1 fully saturated rings. The van der Waals surface area contributed by atoms with Crippen molar-refractivity contribution in [2.75, 3.05) is 70.8 Å². The number of amides is 1. The van der Waals surface area contributed by atoms with Crippen LogP contribution in [0.5, 0.6) is 17.2 Å². The first-order chi connectivity index (χ1) is 16.2. The van der Waals surface area contributed by atoms with Crippen molar-refractivity contribution in [3.05, 3.63) is 48.0 Å². The average molecular weight is 459 g/mol. The van der Waals surface area contributed by atoms with Gasteiger partial charge in [0.2, 0.25) is 0 Å². The highest BCUT2D eigenvalue weighted by Gasteiger charge is 2.26. The number of rotatable bonds is 11. The molecule has 0 spiro atoms. The normalized spacial score (nSPS) is 16.4. The highest BCUT2D eigenvalue weighted by atomic mass is 16.6. The number of ether oxygens (including phenoxy) is 5. The fourth-order valence-electron chi connectivity index (χ4n) is 3.63. The molecule has 0 saturated carbocycles. The zero-order valence-corrected chi connectivity index (χ0v) is 18.6. The molecule has 2 aliphatic heterocycles. The van der Waals surface area contributed by atoms with Gasteiger partial charge < -0.3 is 28.8 Å². The van der Waals surface area contributed by atoms with E-state index in [0.717, 1.165) is 38.4 Å². The molecule has 1 amide bonds. The van der Waals surface area contributed by atoms with Gasteiger partial charge >= 0.3 is 6.09 Å². The molecule has 0 aliphatic carbocycles. The van der Waals surface area contributed by atoms with Gasteiger partial charge in [-0.2, -0.15) is 0 Å². The molecule has 2 aromatic rings. The van der Waals surface area contributed by atoms with Gasteiger partial charge in [-0.1, -0.05) is 0 Å². The van der Waals surface area contributed by atoms with E-state index in [-0.39, 0.29) is 5.75 Å². The molecule has 33 heavy (non-hydrogen) atoms. The summed E-state index contributed by atoms with van der Waals surface area (Å²) in [6.07, 6.45) is -0.484. The topological polar surface area (TPSA) is 89.9 Å². The molecule has 0 atom stereocenters. The van der Waals surface area contributed by atoms with E-state index in [9.17, 15) is 9.90 Å². The maximum Gasteiger partial charge on any atom is 0.420 e. The number of nitrogens with zero attached hydrogens (tertiary/aromatic N) is 2. The van der Waals surface area contributed by atoms with Crippen molar-refractivity contribution in [1.82, 2.24) is 4.90 Å². The minimum atomic E-state index is -0.484. The van der Waals surface area contributed by atoms with Crippen LogP contribution in [0.25, 0.3) is 0 Å². The Kier molecular flexibility index (Phi) is 8.37. The Morgan fingerprint density at radius 1 is 0.909 bits per heavy atom. The molecule has 0 unspecified atom stereocenters. The molecule has 1 N–H and O–H groups in total. The summed E-state index contributed by atoms with van der Waals surface area (Å²) in [5, 5.41) is 9.55. The van der Waals surface area contributed by atoms with Gasteiger partial charge in [0.05, 0.1) is 46.2 Å². The number of aromatic hydroxyl groups is 1. The van der Waals surface area contributed by atoms with Gasteiger partial charge in [-0.3, -0.25) is 9.80 Å². The predicted molar refractivity (Wildman–Crippen MR) is 121 cm³/mol. The van der Waals surface area contributed by atoms with E-state index < -0.39 is 6.09 Å². The van der Waals surface area contributed by atoms with Gasteiger partial charge in [-0.15, -0.1) is 0 Å². The fourth-order valence-corrected chi connectivity index (χ4v) is 3.63. The first kappa shape index (κ1) is 23.3. The molecule has 9 heteroatoms.